The SMILES string of the molecule is BC1C(O)CC(C)CC1O. The van der Waals surface area contributed by atoms with E-state index in [1.807, 2.05) is 7.85 Å². The molecule has 1 fully saturated rings. The zero-order valence-corrected chi connectivity index (χ0v) is 6.62. The first-order chi connectivity index (χ1) is 4.61. The van der Waals surface area contributed by atoms with Crippen LogP contribution in [0.1, 0.15) is 19.8 Å². The lowest BCUT2D eigenvalue weighted by atomic mass is 9.68. The quantitative estimate of drug-likeness (QED) is 0.450. The zero-order valence-electron chi connectivity index (χ0n) is 6.62. The summed E-state index contributed by atoms with van der Waals surface area (Å²) in [6.07, 6.45) is 1.11. The highest BCUT2D eigenvalue weighted by molar-refractivity contribution is 6.12. The summed E-state index contributed by atoms with van der Waals surface area (Å²) in [5, 5.41) is 18.7. The molecule has 2 nitrogen and oxygen atoms in total. The summed E-state index contributed by atoms with van der Waals surface area (Å²) in [7, 11) is 1.90. The second kappa shape index (κ2) is 2.93. The topological polar surface area (TPSA) is 40.5 Å². The molecule has 0 spiro atoms. The molecule has 0 saturated heterocycles. The van der Waals surface area contributed by atoms with Gasteiger partial charge in [0.15, 0.2) is 0 Å². The van der Waals surface area contributed by atoms with Crippen molar-refractivity contribution >= 4 is 7.85 Å². The van der Waals surface area contributed by atoms with E-state index in [2.05, 4.69) is 6.92 Å². The summed E-state index contributed by atoms with van der Waals surface area (Å²) < 4.78 is 0. The smallest absolute Gasteiger partial charge is 0.112 e. The second-order valence-corrected chi connectivity index (χ2v) is 3.57. The lowest BCUT2D eigenvalue weighted by Crippen LogP contribution is -2.35. The van der Waals surface area contributed by atoms with Gasteiger partial charge in [-0.25, -0.2) is 0 Å². The molecule has 58 valence electrons. The van der Waals surface area contributed by atoms with Gasteiger partial charge in [0, 0.05) is 0 Å². The van der Waals surface area contributed by atoms with E-state index in [1.54, 1.807) is 0 Å². The van der Waals surface area contributed by atoms with Gasteiger partial charge in [-0.05, 0) is 24.6 Å². The summed E-state index contributed by atoms with van der Waals surface area (Å²) in [5.41, 5.74) is 0. The Labute approximate surface area is 62.7 Å². The molecule has 2 atom stereocenters. The van der Waals surface area contributed by atoms with Gasteiger partial charge in [-0.2, -0.15) is 0 Å². The summed E-state index contributed by atoms with van der Waals surface area (Å²) in [6, 6.07) is 0. The van der Waals surface area contributed by atoms with Gasteiger partial charge in [-0.1, -0.05) is 6.92 Å². The Hall–Kier alpha value is -0.0151. The van der Waals surface area contributed by atoms with Crippen LogP contribution in [0.5, 0.6) is 0 Å². The zero-order chi connectivity index (χ0) is 7.72. The molecule has 0 aromatic rings. The number of aliphatic hydroxyl groups excluding tert-OH is 2. The minimum Gasteiger partial charge on any atom is -0.393 e. The fraction of sp³-hybridized carbons (Fsp3) is 1.00. The van der Waals surface area contributed by atoms with E-state index in [0.717, 1.165) is 12.8 Å². The Morgan fingerprint density at radius 1 is 1.20 bits per heavy atom. The maximum atomic E-state index is 9.36. The van der Waals surface area contributed by atoms with Crippen LogP contribution < -0.4 is 0 Å². The van der Waals surface area contributed by atoms with Crippen molar-refractivity contribution in [3.05, 3.63) is 0 Å². The van der Waals surface area contributed by atoms with Crippen molar-refractivity contribution in [2.24, 2.45) is 5.92 Å². The molecular formula is C7H15BO2. The minimum atomic E-state index is -0.293. The summed E-state index contributed by atoms with van der Waals surface area (Å²) >= 11 is 0. The van der Waals surface area contributed by atoms with E-state index < -0.39 is 0 Å². The number of hydrogen-bond acceptors (Lipinski definition) is 2. The summed E-state index contributed by atoms with van der Waals surface area (Å²) in [4.78, 5) is 0. The van der Waals surface area contributed by atoms with Crippen LogP contribution in [-0.4, -0.2) is 30.3 Å². The van der Waals surface area contributed by atoms with Crippen LogP contribution in [0.3, 0.4) is 0 Å². The lowest BCUT2D eigenvalue weighted by Gasteiger charge is -2.33. The Balaban J connectivity index is 2.49. The average molecular weight is 142 g/mol. The molecule has 3 heteroatoms. The first kappa shape index (κ1) is 8.09. The van der Waals surface area contributed by atoms with Gasteiger partial charge in [-0.15, -0.1) is 0 Å². The van der Waals surface area contributed by atoms with Crippen LogP contribution in [0, 0.1) is 5.92 Å². The largest absolute Gasteiger partial charge is 0.393 e. The summed E-state index contributed by atoms with van der Waals surface area (Å²) in [5.74, 6) is 0.539. The normalized spacial score (nSPS) is 49.1. The predicted octanol–water partition coefficient (Wildman–Crippen LogP) is -0.440. The van der Waals surface area contributed by atoms with Gasteiger partial charge < -0.3 is 10.2 Å². The molecule has 1 aliphatic carbocycles. The average Bonchev–Trinajstić information content (AvgIpc) is 1.82. The van der Waals surface area contributed by atoms with E-state index in [1.165, 1.54) is 0 Å². The monoisotopic (exact) mass is 142 g/mol. The van der Waals surface area contributed by atoms with Crippen LogP contribution in [0.2, 0.25) is 5.82 Å². The highest BCUT2D eigenvalue weighted by Gasteiger charge is 2.30. The molecule has 0 aromatic heterocycles. The molecule has 1 rings (SSSR count). The van der Waals surface area contributed by atoms with E-state index in [0.29, 0.717) is 5.92 Å². The van der Waals surface area contributed by atoms with Gasteiger partial charge in [0.2, 0.25) is 0 Å². The molecule has 10 heavy (non-hydrogen) atoms. The first-order valence-electron chi connectivity index (χ1n) is 3.97. The number of hydrogen-bond donors (Lipinski definition) is 2. The third-order valence-corrected chi connectivity index (χ3v) is 2.50. The molecule has 2 N–H and O–H groups in total. The molecule has 0 bridgehead atoms. The van der Waals surface area contributed by atoms with Crippen molar-refractivity contribution in [3.8, 4) is 0 Å². The first-order valence-corrected chi connectivity index (χ1v) is 3.97. The molecule has 0 radical (unpaired) electrons. The van der Waals surface area contributed by atoms with Gasteiger partial charge in [0.05, 0.1) is 12.2 Å². The van der Waals surface area contributed by atoms with Gasteiger partial charge in [0.1, 0.15) is 7.85 Å². The maximum Gasteiger partial charge on any atom is 0.112 e. The van der Waals surface area contributed by atoms with Crippen LogP contribution in [0.25, 0.3) is 0 Å². The minimum absolute atomic E-state index is 0.0659. The van der Waals surface area contributed by atoms with Crippen molar-refractivity contribution in [2.75, 3.05) is 0 Å². The number of aliphatic hydroxyl groups is 2. The molecule has 1 aliphatic rings. The van der Waals surface area contributed by atoms with E-state index in [4.69, 9.17) is 0 Å². The number of rotatable bonds is 0. The van der Waals surface area contributed by atoms with E-state index >= 15 is 0 Å². The molecule has 0 heterocycles. The predicted molar refractivity (Wildman–Crippen MR) is 42.7 cm³/mol. The van der Waals surface area contributed by atoms with E-state index in [-0.39, 0.29) is 18.0 Å². The molecule has 2 unspecified atom stereocenters. The van der Waals surface area contributed by atoms with Crippen molar-refractivity contribution in [1.82, 2.24) is 0 Å². The third kappa shape index (κ3) is 1.52. The van der Waals surface area contributed by atoms with Crippen LogP contribution in [0.4, 0.5) is 0 Å². The van der Waals surface area contributed by atoms with Crippen LogP contribution in [-0.2, 0) is 0 Å². The van der Waals surface area contributed by atoms with Crippen LogP contribution in [0.15, 0.2) is 0 Å². The third-order valence-electron chi connectivity index (χ3n) is 2.50. The molecule has 0 aliphatic heterocycles. The van der Waals surface area contributed by atoms with Crippen molar-refractivity contribution in [1.29, 1.82) is 0 Å². The molecular weight excluding hydrogens is 127 g/mol. The van der Waals surface area contributed by atoms with Crippen molar-refractivity contribution < 1.29 is 10.2 Å². The van der Waals surface area contributed by atoms with Gasteiger partial charge >= 0.3 is 0 Å². The summed E-state index contributed by atoms with van der Waals surface area (Å²) in [6.45, 7) is 2.07. The second-order valence-electron chi connectivity index (χ2n) is 3.57. The Bertz CT molecular complexity index is 106. The van der Waals surface area contributed by atoms with Crippen molar-refractivity contribution in [2.45, 2.75) is 37.8 Å². The fourth-order valence-corrected chi connectivity index (χ4v) is 1.61. The van der Waals surface area contributed by atoms with E-state index in [9.17, 15) is 10.2 Å². The van der Waals surface area contributed by atoms with Crippen LogP contribution >= 0.6 is 0 Å². The standard InChI is InChI=1S/C7H15BO2/c1-4-2-5(9)7(8)6(10)3-4/h4-7,9-10H,2-3,8H2,1H3. The highest BCUT2D eigenvalue weighted by Crippen LogP contribution is 2.30. The van der Waals surface area contributed by atoms with Crippen molar-refractivity contribution in [3.63, 3.8) is 0 Å². The molecule has 1 saturated carbocycles. The fourth-order valence-electron chi connectivity index (χ4n) is 1.61. The highest BCUT2D eigenvalue weighted by atomic mass is 16.3. The molecule has 0 amide bonds. The lowest BCUT2D eigenvalue weighted by molar-refractivity contribution is 0.0199. The Morgan fingerprint density at radius 3 is 2.00 bits per heavy atom. The van der Waals surface area contributed by atoms with Gasteiger partial charge in [0.25, 0.3) is 0 Å². The maximum absolute atomic E-state index is 9.36. The van der Waals surface area contributed by atoms with Gasteiger partial charge in [-0.3, -0.25) is 0 Å². The Morgan fingerprint density at radius 2 is 1.60 bits per heavy atom. The molecule has 0 aromatic carbocycles. The Kier molecular flexibility index (Phi) is 2.37.